The maximum atomic E-state index is 13.2. The number of aromatic nitrogens is 1. The first kappa shape index (κ1) is 27.8. The number of benzene rings is 2. The quantitative estimate of drug-likeness (QED) is 0.416. The molecule has 0 aliphatic carbocycles. The number of nitrogens with zero attached hydrogens (tertiary/aromatic N) is 3. The predicted octanol–water partition coefficient (Wildman–Crippen LogP) is 5.74. The maximum Gasteiger partial charge on any atom is 0.259 e. The summed E-state index contributed by atoms with van der Waals surface area (Å²) >= 11 is 0. The van der Waals surface area contributed by atoms with Crippen LogP contribution in [0, 0.1) is 13.8 Å². The van der Waals surface area contributed by atoms with Crippen LogP contribution in [0.4, 0.5) is 0 Å². The summed E-state index contributed by atoms with van der Waals surface area (Å²) in [6.45, 7) is 13.0. The van der Waals surface area contributed by atoms with Gasteiger partial charge in [-0.3, -0.25) is 4.79 Å². The zero-order valence-corrected chi connectivity index (χ0v) is 23.4. The molecule has 0 saturated carbocycles. The van der Waals surface area contributed by atoms with Gasteiger partial charge >= 0.3 is 0 Å². The fourth-order valence-corrected chi connectivity index (χ4v) is 5.53. The Morgan fingerprint density at radius 3 is 2.06 bits per heavy atom. The van der Waals surface area contributed by atoms with E-state index in [0.29, 0.717) is 4.90 Å². The van der Waals surface area contributed by atoms with Gasteiger partial charge in [0.05, 0.1) is 17.0 Å². The van der Waals surface area contributed by atoms with E-state index < -0.39 is 15.8 Å². The van der Waals surface area contributed by atoms with Gasteiger partial charge in [-0.1, -0.05) is 57.1 Å². The first-order valence-electron chi connectivity index (χ1n) is 12.2. The van der Waals surface area contributed by atoms with Crippen molar-refractivity contribution < 1.29 is 13.5 Å². The van der Waals surface area contributed by atoms with Crippen LogP contribution in [0.25, 0.3) is 11.1 Å². The van der Waals surface area contributed by atoms with Gasteiger partial charge in [-0.25, -0.2) is 9.35 Å². The van der Waals surface area contributed by atoms with E-state index >= 15 is 0 Å². The molecule has 1 unspecified atom stereocenters. The lowest BCUT2D eigenvalue weighted by atomic mass is 9.83. The summed E-state index contributed by atoms with van der Waals surface area (Å²) in [6, 6.07) is 11.3. The summed E-state index contributed by atoms with van der Waals surface area (Å²) in [6.07, 6.45) is 0.0375. The molecular formula is C28H38N4O3S. The molecule has 0 aliphatic heterocycles. The molecule has 7 nitrogen and oxygen atoms in total. The number of carbonyl (C=O) groups excluding carboxylic acids is 1. The molecule has 0 fully saturated rings. The molecule has 194 valence electrons. The molecular weight excluding hydrogens is 472 g/mol. The van der Waals surface area contributed by atoms with Crippen LogP contribution in [0.5, 0.6) is 0 Å². The van der Waals surface area contributed by atoms with Gasteiger partial charge in [0.15, 0.2) is 0 Å². The predicted molar refractivity (Wildman–Crippen MR) is 145 cm³/mol. The van der Waals surface area contributed by atoms with Gasteiger partial charge in [0.1, 0.15) is 15.7 Å². The molecule has 2 aromatic carbocycles. The highest BCUT2D eigenvalue weighted by Gasteiger charge is 2.22. The highest BCUT2D eigenvalue weighted by atomic mass is 32.2. The first-order chi connectivity index (χ1) is 16.8. The molecule has 36 heavy (non-hydrogen) atoms. The molecule has 1 atom stereocenters. The highest BCUT2D eigenvalue weighted by molar-refractivity contribution is 7.91. The van der Waals surface area contributed by atoms with Crippen molar-refractivity contribution in [2.75, 3.05) is 14.1 Å². The number of aryl methyl sites for hydroxylation is 2. The lowest BCUT2D eigenvalue weighted by Crippen LogP contribution is -2.17. The van der Waals surface area contributed by atoms with E-state index in [4.69, 9.17) is 9.66 Å². The molecule has 3 aromatic rings. The molecule has 0 saturated heterocycles. The SMILES string of the molecule is Cc1noc(C)c1-c1cc(C(C)C)c(CC(=O)N=S(N)(=O)c2ccc(CN(C)C)cc2)c(C(C)C)c1. The second-order valence-electron chi connectivity index (χ2n) is 10.3. The first-order valence-corrected chi connectivity index (χ1v) is 13.8. The lowest BCUT2D eigenvalue weighted by Gasteiger charge is -2.21. The van der Waals surface area contributed by atoms with E-state index in [1.54, 1.807) is 12.1 Å². The van der Waals surface area contributed by atoms with Crippen LogP contribution in [0.3, 0.4) is 0 Å². The Morgan fingerprint density at radius 1 is 1.06 bits per heavy atom. The Labute approximate surface area is 215 Å². The molecule has 0 bridgehead atoms. The van der Waals surface area contributed by atoms with Crippen LogP contribution in [-0.4, -0.2) is 34.3 Å². The van der Waals surface area contributed by atoms with Crippen LogP contribution in [0.2, 0.25) is 0 Å². The summed E-state index contributed by atoms with van der Waals surface area (Å²) in [5.74, 6) is 0.596. The van der Waals surface area contributed by atoms with Gasteiger partial charge in [0, 0.05) is 12.1 Å². The molecule has 2 N–H and O–H groups in total. The second kappa shape index (κ2) is 11.1. The van der Waals surface area contributed by atoms with Crippen molar-refractivity contribution in [2.45, 2.75) is 71.2 Å². The highest BCUT2D eigenvalue weighted by Crippen LogP contribution is 2.36. The molecule has 0 spiro atoms. The fraction of sp³-hybridized carbons (Fsp3) is 0.429. The van der Waals surface area contributed by atoms with Crippen LogP contribution in [0.15, 0.2) is 50.2 Å². The third-order valence-corrected chi connectivity index (χ3v) is 7.63. The minimum absolute atomic E-state index is 0.0375. The molecule has 1 amide bonds. The number of rotatable bonds is 8. The zero-order chi connectivity index (χ0) is 26.8. The normalized spacial score (nSPS) is 13.4. The number of carbonyl (C=O) groups is 1. The molecule has 1 aromatic heterocycles. The van der Waals surface area contributed by atoms with Gasteiger partial charge < -0.3 is 9.42 Å². The van der Waals surface area contributed by atoms with Gasteiger partial charge in [-0.15, -0.1) is 4.36 Å². The van der Waals surface area contributed by atoms with E-state index in [2.05, 4.69) is 49.3 Å². The Hall–Kier alpha value is -2.81. The fourth-order valence-electron chi connectivity index (χ4n) is 4.53. The number of hydrogen-bond acceptors (Lipinski definition) is 5. The van der Waals surface area contributed by atoms with E-state index in [1.807, 2.05) is 45.0 Å². The molecule has 3 rings (SSSR count). The monoisotopic (exact) mass is 510 g/mol. The summed E-state index contributed by atoms with van der Waals surface area (Å²) in [4.78, 5) is 15.5. The van der Waals surface area contributed by atoms with Crippen LogP contribution < -0.4 is 5.14 Å². The van der Waals surface area contributed by atoms with Gasteiger partial charge in [0.2, 0.25) is 0 Å². The van der Waals surface area contributed by atoms with Crippen molar-refractivity contribution in [1.29, 1.82) is 0 Å². The standard InChI is InChI=1S/C28H38N4O3S/c1-17(2)24-13-22(28-19(5)30-35-20(28)6)14-25(18(3)4)26(24)15-27(33)31-36(29,34)23-11-9-21(10-12-23)16-32(7)8/h9-14,17-18H,15-16H2,1-8H3,(H2,29,31,33,34). The Bertz CT molecular complexity index is 1310. The molecule has 1 heterocycles. The molecule has 0 radical (unpaired) electrons. The van der Waals surface area contributed by atoms with Gasteiger partial charge in [-0.05, 0) is 79.7 Å². The minimum Gasteiger partial charge on any atom is -0.361 e. The van der Waals surface area contributed by atoms with E-state index in [9.17, 15) is 9.00 Å². The van der Waals surface area contributed by atoms with E-state index in [0.717, 1.165) is 51.4 Å². The van der Waals surface area contributed by atoms with Gasteiger partial charge in [0.25, 0.3) is 5.91 Å². The Morgan fingerprint density at radius 2 is 1.61 bits per heavy atom. The van der Waals surface area contributed by atoms with E-state index in [-0.39, 0.29) is 18.3 Å². The number of amides is 1. The Kier molecular flexibility index (Phi) is 8.54. The molecule has 8 heteroatoms. The topological polar surface area (TPSA) is 102 Å². The van der Waals surface area contributed by atoms with Crippen molar-refractivity contribution in [3.63, 3.8) is 0 Å². The average molecular weight is 511 g/mol. The smallest absolute Gasteiger partial charge is 0.259 e. The maximum absolute atomic E-state index is 13.2. The van der Waals surface area contributed by atoms with Crippen molar-refractivity contribution in [2.24, 2.45) is 9.50 Å². The lowest BCUT2D eigenvalue weighted by molar-refractivity contribution is -0.117. The number of hydrogen-bond donors (Lipinski definition) is 1. The third kappa shape index (κ3) is 6.30. The van der Waals surface area contributed by atoms with Crippen molar-refractivity contribution in [3.8, 4) is 11.1 Å². The average Bonchev–Trinajstić information content (AvgIpc) is 3.11. The minimum atomic E-state index is -3.35. The van der Waals surface area contributed by atoms with Gasteiger partial charge in [-0.2, -0.15) is 0 Å². The molecule has 0 aliphatic rings. The number of nitrogens with two attached hydrogens (primary N) is 1. The summed E-state index contributed by atoms with van der Waals surface area (Å²) in [5, 5.41) is 10.2. The second-order valence-corrected chi connectivity index (χ2v) is 12.0. The third-order valence-electron chi connectivity index (χ3n) is 6.21. The summed E-state index contributed by atoms with van der Waals surface area (Å²) in [5.41, 5.74) is 6.91. The van der Waals surface area contributed by atoms with Crippen molar-refractivity contribution in [1.82, 2.24) is 10.1 Å². The van der Waals surface area contributed by atoms with Crippen LogP contribution >= 0.6 is 0 Å². The largest absolute Gasteiger partial charge is 0.361 e. The van der Waals surface area contributed by atoms with Crippen LogP contribution in [-0.2, 0) is 27.7 Å². The summed E-state index contributed by atoms with van der Waals surface area (Å²) in [7, 11) is 0.601. The Balaban J connectivity index is 2.01. The van der Waals surface area contributed by atoms with Crippen molar-refractivity contribution in [3.05, 3.63) is 70.1 Å². The zero-order valence-electron chi connectivity index (χ0n) is 22.6. The van der Waals surface area contributed by atoms with Crippen LogP contribution in [0.1, 0.15) is 73.2 Å². The summed E-state index contributed by atoms with van der Waals surface area (Å²) < 4.78 is 22.6. The van der Waals surface area contributed by atoms with Crippen molar-refractivity contribution >= 4 is 15.8 Å². The van der Waals surface area contributed by atoms with E-state index in [1.165, 1.54) is 0 Å².